The van der Waals surface area contributed by atoms with Crippen LogP contribution in [0.15, 0.2) is 24.3 Å². The molecule has 0 unspecified atom stereocenters. The zero-order valence-electron chi connectivity index (χ0n) is 10.7. The molecular formula is C15H19NO2. The fourth-order valence-electron chi connectivity index (χ4n) is 2.12. The van der Waals surface area contributed by atoms with Gasteiger partial charge in [-0.3, -0.25) is 4.79 Å². The molecule has 1 aromatic rings. The smallest absolute Gasteiger partial charge is 0.309 e. The summed E-state index contributed by atoms with van der Waals surface area (Å²) in [4.78, 5) is 11.2. The van der Waals surface area contributed by atoms with Gasteiger partial charge in [0.1, 0.15) is 0 Å². The molecular weight excluding hydrogens is 226 g/mol. The molecule has 1 aliphatic heterocycles. The van der Waals surface area contributed by atoms with Crippen molar-refractivity contribution in [1.29, 1.82) is 0 Å². The first-order valence-corrected chi connectivity index (χ1v) is 6.44. The third-order valence-corrected chi connectivity index (χ3v) is 3.02. The van der Waals surface area contributed by atoms with E-state index in [0.717, 1.165) is 25.1 Å². The van der Waals surface area contributed by atoms with E-state index in [1.54, 1.807) is 0 Å². The van der Waals surface area contributed by atoms with Gasteiger partial charge in [0.05, 0.1) is 13.0 Å². The van der Waals surface area contributed by atoms with E-state index in [-0.39, 0.29) is 5.97 Å². The molecule has 0 saturated heterocycles. The van der Waals surface area contributed by atoms with Crippen LogP contribution >= 0.6 is 0 Å². The second kappa shape index (κ2) is 6.36. The van der Waals surface area contributed by atoms with Crippen LogP contribution in [0.1, 0.15) is 30.0 Å². The van der Waals surface area contributed by atoms with Gasteiger partial charge < -0.3 is 10.1 Å². The molecule has 0 amide bonds. The van der Waals surface area contributed by atoms with E-state index >= 15 is 0 Å². The van der Waals surface area contributed by atoms with Gasteiger partial charge in [-0.1, -0.05) is 30.4 Å². The molecule has 0 fully saturated rings. The van der Waals surface area contributed by atoms with E-state index in [1.165, 1.54) is 11.1 Å². The number of carbonyl (C=O) groups is 1. The van der Waals surface area contributed by atoms with E-state index < -0.39 is 0 Å². The number of ether oxygens (including phenoxy) is 1. The summed E-state index contributed by atoms with van der Waals surface area (Å²) in [6.45, 7) is 4.26. The quantitative estimate of drug-likeness (QED) is 0.827. The predicted molar refractivity (Wildman–Crippen MR) is 72.1 cm³/mol. The number of rotatable bonds is 4. The van der Waals surface area contributed by atoms with Crippen molar-refractivity contribution >= 4 is 12.0 Å². The van der Waals surface area contributed by atoms with Gasteiger partial charge >= 0.3 is 5.97 Å². The Morgan fingerprint density at radius 3 is 3.17 bits per heavy atom. The Morgan fingerprint density at radius 1 is 1.44 bits per heavy atom. The zero-order chi connectivity index (χ0) is 12.8. The number of fused-ring (bicyclic) bond motifs is 1. The van der Waals surface area contributed by atoms with Gasteiger partial charge in [0.25, 0.3) is 0 Å². The number of benzene rings is 1. The van der Waals surface area contributed by atoms with Crippen LogP contribution in [-0.4, -0.2) is 19.1 Å². The Balaban J connectivity index is 1.97. The second-order valence-electron chi connectivity index (χ2n) is 4.37. The molecule has 3 heteroatoms. The summed E-state index contributed by atoms with van der Waals surface area (Å²) < 4.78 is 4.87. The zero-order valence-corrected chi connectivity index (χ0v) is 10.7. The largest absolute Gasteiger partial charge is 0.466 e. The van der Waals surface area contributed by atoms with E-state index in [2.05, 4.69) is 23.5 Å². The molecule has 0 saturated carbocycles. The lowest BCUT2D eigenvalue weighted by molar-refractivity contribution is -0.142. The van der Waals surface area contributed by atoms with Crippen molar-refractivity contribution in [3.05, 3.63) is 41.0 Å². The lowest BCUT2D eigenvalue weighted by atomic mass is 9.98. The van der Waals surface area contributed by atoms with Crippen molar-refractivity contribution in [1.82, 2.24) is 5.32 Å². The van der Waals surface area contributed by atoms with Crippen molar-refractivity contribution < 1.29 is 9.53 Å². The third-order valence-electron chi connectivity index (χ3n) is 3.02. The normalized spacial score (nSPS) is 14.5. The van der Waals surface area contributed by atoms with Crippen molar-refractivity contribution in [2.75, 3.05) is 13.2 Å². The van der Waals surface area contributed by atoms with Crippen LogP contribution < -0.4 is 5.32 Å². The van der Waals surface area contributed by atoms with Crippen molar-refractivity contribution in [2.45, 2.75) is 26.3 Å². The number of nitrogens with one attached hydrogen (secondary N) is 1. The standard InChI is InChI=1S/C15H19NO2/c1-2-18-15(17)5-3-4-12-6-7-13-8-9-16-11-14(13)10-12/h3-4,6-7,10,16H,2,5,8-9,11H2,1H3. The van der Waals surface area contributed by atoms with Gasteiger partial charge in [-0.15, -0.1) is 0 Å². The Hall–Kier alpha value is -1.61. The highest BCUT2D eigenvalue weighted by molar-refractivity contribution is 5.72. The van der Waals surface area contributed by atoms with Crippen molar-refractivity contribution in [2.24, 2.45) is 0 Å². The summed E-state index contributed by atoms with van der Waals surface area (Å²) in [6, 6.07) is 6.47. The van der Waals surface area contributed by atoms with Crippen molar-refractivity contribution in [3.63, 3.8) is 0 Å². The summed E-state index contributed by atoms with van der Waals surface area (Å²) in [7, 11) is 0. The Bertz CT molecular complexity index is 452. The number of esters is 1. The fraction of sp³-hybridized carbons (Fsp3) is 0.400. The topological polar surface area (TPSA) is 38.3 Å². The maximum Gasteiger partial charge on any atom is 0.309 e. The molecule has 18 heavy (non-hydrogen) atoms. The molecule has 96 valence electrons. The molecule has 0 radical (unpaired) electrons. The molecule has 0 bridgehead atoms. The fourth-order valence-corrected chi connectivity index (χ4v) is 2.12. The molecule has 0 spiro atoms. The highest BCUT2D eigenvalue weighted by Crippen LogP contribution is 2.16. The molecule has 3 nitrogen and oxygen atoms in total. The molecule has 1 aliphatic rings. The maximum absolute atomic E-state index is 11.2. The molecule has 1 heterocycles. The van der Waals surface area contributed by atoms with Gasteiger partial charge in [0.2, 0.25) is 0 Å². The summed E-state index contributed by atoms with van der Waals surface area (Å²) in [5, 5.41) is 3.36. The molecule has 0 atom stereocenters. The second-order valence-corrected chi connectivity index (χ2v) is 4.37. The van der Waals surface area contributed by atoms with Gasteiger partial charge in [-0.05, 0) is 36.6 Å². The SMILES string of the molecule is CCOC(=O)CC=Cc1ccc2c(c1)CNCC2. The number of carbonyl (C=O) groups excluding carboxylic acids is 1. The van der Waals surface area contributed by atoms with Gasteiger partial charge in [0.15, 0.2) is 0 Å². The predicted octanol–water partition coefficient (Wildman–Crippen LogP) is 2.30. The Morgan fingerprint density at radius 2 is 2.33 bits per heavy atom. The lowest BCUT2D eigenvalue weighted by Crippen LogP contribution is -2.23. The first-order valence-electron chi connectivity index (χ1n) is 6.44. The summed E-state index contributed by atoms with van der Waals surface area (Å²) in [5.74, 6) is -0.173. The highest BCUT2D eigenvalue weighted by atomic mass is 16.5. The molecule has 0 aromatic heterocycles. The van der Waals surface area contributed by atoms with E-state index in [0.29, 0.717) is 13.0 Å². The van der Waals surface area contributed by atoms with Gasteiger partial charge in [-0.25, -0.2) is 0 Å². The Labute approximate surface area is 108 Å². The summed E-state index contributed by atoms with van der Waals surface area (Å²) >= 11 is 0. The van der Waals surface area contributed by atoms with Crippen LogP contribution in [0.4, 0.5) is 0 Å². The molecule has 1 N–H and O–H groups in total. The monoisotopic (exact) mass is 245 g/mol. The van der Waals surface area contributed by atoms with Crippen LogP contribution in [-0.2, 0) is 22.5 Å². The first-order chi connectivity index (χ1) is 8.79. The molecule has 1 aromatic carbocycles. The van der Waals surface area contributed by atoms with E-state index in [9.17, 15) is 4.79 Å². The molecule has 0 aliphatic carbocycles. The summed E-state index contributed by atoms with van der Waals surface area (Å²) in [5.41, 5.74) is 3.93. The minimum atomic E-state index is -0.173. The van der Waals surface area contributed by atoms with Gasteiger partial charge in [-0.2, -0.15) is 0 Å². The van der Waals surface area contributed by atoms with Crippen LogP contribution in [0.3, 0.4) is 0 Å². The van der Waals surface area contributed by atoms with Gasteiger partial charge in [0, 0.05) is 6.54 Å². The lowest BCUT2D eigenvalue weighted by Gasteiger charge is -2.17. The van der Waals surface area contributed by atoms with E-state index in [1.807, 2.05) is 19.1 Å². The van der Waals surface area contributed by atoms with Crippen LogP contribution in [0.25, 0.3) is 6.08 Å². The minimum Gasteiger partial charge on any atom is -0.466 e. The minimum absolute atomic E-state index is 0.173. The van der Waals surface area contributed by atoms with E-state index in [4.69, 9.17) is 4.74 Å². The number of hydrogen-bond acceptors (Lipinski definition) is 3. The van der Waals surface area contributed by atoms with Crippen LogP contribution in [0, 0.1) is 0 Å². The van der Waals surface area contributed by atoms with Crippen LogP contribution in [0.2, 0.25) is 0 Å². The number of hydrogen-bond donors (Lipinski definition) is 1. The highest BCUT2D eigenvalue weighted by Gasteiger charge is 2.07. The average Bonchev–Trinajstić information content (AvgIpc) is 2.39. The molecule has 2 rings (SSSR count). The summed E-state index contributed by atoms with van der Waals surface area (Å²) in [6.07, 6.45) is 5.27. The maximum atomic E-state index is 11.2. The average molecular weight is 245 g/mol. The van der Waals surface area contributed by atoms with Crippen molar-refractivity contribution in [3.8, 4) is 0 Å². The van der Waals surface area contributed by atoms with Crippen LogP contribution in [0.5, 0.6) is 0 Å². The Kier molecular flexibility index (Phi) is 4.53. The third kappa shape index (κ3) is 3.44. The first kappa shape index (κ1) is 12.8.